The van der Waals surface area contributed by atoms with Crippen molar-refractivity contribution in [2.24, 2.45) is 0 Å². The fourth-order valence-electron chi connectivity index (χ4n) is 1.60. The maximum Gasteiger partial charge on any atom is 0.224 e. The summed E-state index contributed by atoms with van der Waals surface area (Å²) in [6.07, 6.45) is 4.04. The maximum absolute atomic E-state index is 5.68. The van der Waals surface area contributed by atoms with Crippen LogP contribution in [0.4, 0.5) is 5.82 Å². The predicted molar refractivity (Wildman–Crippen MR) is 63.8 cm³/mol. The predicted octanol–water partition coefficient (Wildman–Crippen LogP) is 1.72. The number of rotatable bonds is 2. The molecule has 1 saturated heterocycles. The number of halogens is 2. The Kier molecular flexibility index (Phi) is 5.08. The topological polar surface area (TPSA) is 49.8 Å². The highest BCUT2D eigenvalue weighted by Gasteiger charge is 2.12. The molecule has 1 fully saturated rings. The van der Waals surface area contributed by atoms with Crippen molar-refractivity contribution in [3.8, 4) is 0 Å². The molecule has 15 heavy (non-hydrogen) atoms. The lowest BCUT2D eigenvalue weighted by atomic mass is 10.1. The molecule has 2 N–H and O–H groups in total. The second-order valence-corrected chi connectivity index (χ2v) is 3.74. The van der Waals surface area contributed by atoms with Gasteiger partial charge in [-0.05, 0) is 37.1 Å². The van der Waals surface area contributed by atoms with Crippen LogP contribution in [-0.4, -0.2) is 29.1 Å². The minimum absolute atomic E-state index is 0. The largest absolute Gasteiger partial charge is 0.366 e. The molecule has 84 valence electrons. The molecule has 0 aliphatic carbocycles. The van der Waals surface area contributed by atoms with Crippen LogP contribution in [0.3, 0.4) is 0 Å². The van der Waals surface area contributed by atoms with E-state index < -0.39 is 0 Å². The van der Waals surface area contributed by atoms with Crippen LogP contribution in [0, 0.1) is 0 Å². The van der Waals surface area contributed by atoms with Crippen LogP contribution in [0.5, 0.6) is 0 Å². The van der Waals surface area contributed by atoms with Gasteiger partial charge >= 0.3 is 0 Å². The Morgan fingerprint density at radius 3 is 3.07 bits per heavy atom. The Morgan fingerprint density at radius 1 is 1.53 bits per heavy atom. The average molecular weight is 249 g/mol. The third-order valence-electron chi connectivity index (χ3n) is 2.28. The van der Waals surface area contributed by atoms with Gasteiger partial charge in [0.2, 0.25) is 5.28 Å². The Balaban J connectivity index is 0.00000112. The Bertz CT molecular complexity index is 302. The zero-order chi connectivity index (χ0) is 9.80. The first-order valence-electron chi connectivity index (χ1n) is 4.80. The molecule has 0 bridgehead atoms. The summed E-state index contributed by atoms with van der Waals surface area (Å²) in [5.74, 6) is 0.804. The molecule has 0 amide bonds. The van der Waals surface area contributed by atoms with Crippen molar-refractivity contribution >= 4 is 29.8 Å². The second kappa shape index (κ2) is 6.10. The number of nitrogens with one attached hydrogen (secondary N) is 2. The summed E-state index contributed by atoms with van der Waals surface area (Å²) in [5, 5.41) is 6.94. The third kappa shape index (κ3) is 3.81. The monoisotopic (exact) mass is 248 g/mol. The molecular weight excluding hydrogens is 235 g/mol. The molecule has 2 heterocycles. The number of piperidine rings is 1. The molecule has 1 unspecified atom stereocenters. The van der Waals surface area contributed by atoms with E-state index in [1.165, 1.54) is 12.8 Å². The lowest BCUT2D eigenvalue weighted by Gasteiger charge is -2.24. The van der Waals surface area contributed by atoms with Crippen LogP contribution in [-0.2, 0) is 0 Å². The van der Waals surface area contributed by atoms with Crippen LogP contribution in [0.1, 0.15) is 12.8 Å². The molecule has 1 aliphatic rings. The maximum atomic E-state index is 5.68. The van der Waals surface area contributed by atoms with Gasteiger partial charge in [0.25, 0.3) is 0 Å². The van der Waals surface area contributed by atoms with E-state index >= 15 is 0 Å². The first-order chi connectivity index (χ1) is 6.84. The SMILES string of the molecule is Cl.Clc1nccc(NC2CCCNC2)n1. The summed E-state index contributed by atoms with van der Waals surface area (Å²) < 4.78 is 0. The van der Waals surface area contributed by atoms with E-state index in [-0.39, 0.29) is 12.4 Å². The first-order valence-corrected chi connectivity index (χ1v) is 5.18. The molecule has 1 atom stereocenters. The molecular formula is C9H14Cl2N4. The summed E-state index contributed by atoms with van der Waals surface area (Å²) in [7, 11) is 0. The summed E-state index contributed by atoms with van der Waals surface area (Å²) in [6, 6.07) is 2.29. The molecule has 1 aliphatic heterocycles. The normalized spacial score (nSPS) is 20.5. The van der Waals surface area contributed by atoms with Crippen molar-refractivity contribution < 1.29 is 0 Å². The fraction of sp³-hybridized carbons (Fsp3) is 0.556. The molecule has 2 rings (SSSR count). The number of aromatic nitrogens is 2. The van der Waals surface area contributed by atoms with Crippen molar-refractivity contribution in [1.82, 2.24) is 15.3 Å². The van der Waals surface area contributed by atoms with E-state index in [0.29, 0.717) is 11.3 Å². The zero-order valence-electron chi connectivity index (χ0n) is 8.24. The van der Waals surface area contributed by atoms with Crippen LogP contribution in [0.2, 0.25) is 5.28 Å². The van der Waals surface area contributed by atoms with Gasteiger partial charge in [0, 0.05) is 18.8 Å². The Morgan fingerprint density at radius 2 is 2.40 bits per heavy atom. The Hall–Kier alpha value is -0.580. The summed E-state index contributed by atoms with van der Waals surface area (Å²) in [4.78, 5) is 7.91. The lowest BCUT2D eigenvalue weighted by Crippen LogP contribution is -2.38. The summed E-state index contributed by atoms with van der Waals surface area (Å²) >= 11 is 5.68. The van der Waals surface area contributed by atoms with Crippen LogP contribution < -0.4 is 10.6 Å². The lowest BCUT2D eigenvalue weighted by molar-refractivity contribution is 0.479. The number of anilines is 1. The van der Waals surface area contributed by atoms with E-state index in [1.54, 1.807) is 6.20 Å². The zero-order valence-corrected chi connectivity index (χ0v) is 9.81. The summed E-state index contributed by atoms with van der Waals surface area (Å²) in [6.45, 7) is 2.10. The fourth-order valence-corrected chi connectivity index (χ4v) is 1.75. The van der Waals surface area contributed by atoms with Crippen molar-refractivity contribution in [2.75, 3.05) is 18.4 Å². The number of nitrogens with zero attached hydrogens (tertiary/aromatic N) is 2. The van der Waals surface area contributed by atoms with E-state index in [9.17, 15) is 0 Å². The molecule has 0 aromatic carbocycles. The third-order valence-corrected chi connectivity index (χ3v) is 2.46. The van der Waals surface area contributed by atoms with Gasteiger partial charge in [-0.2, -0.15) is 0 Å². The van der Waals surface area contributed by atoms with Crippen molar-refractivity contribution in [1.29, 1.82) is 0 Å². The van der Waals surface area contributed by atoms with E-state index in [4.69, 9.17) is 11.6 Å². The molecule has 0 radical (unpaired) electrons. The van der Waals surface area contributed by atoms with Gasteiger partial charge in [0.1, 0.15) is 5.82 Å². The molecule has 0 saturated carbocycles. The van der Waals surface area contributed by atoms with Gasteiger partial charge in [0.05, 0.1) is 0 Å². The second-order valence-electron chi connectivity index (χ2n) is 3.40. The van der Waals surface area contributed by atoms with Gasteiger partial charge in [-0.15, -0.1) is 12.4 Å². The highest BCUT2D eigenvalue weighted by atomic mass is 35.5. The highest BCUT2D eigenvalue weighted by Crippen LogP contribution is 2.11. The van der Waals surface area contributed by atoms with Crippen LogP contribution in [0.15, 0.2) is 12.3 Å². The number of hydrogen-bond acceptors (Lipinski definition) is 4. The van der Waals surface area contributed by atoms with Crippen molar-refractivity contribution in [3.63, 3.8) is 0 Å². The van der Waals surface area contributed by atoms with Crippen molar-refractivity contribution in [3.05, 3.63) is 17.5 Å². The van der Waals surface area contributed by atoms with Gasteiger partial charge < -0.3 is 10.6 Å². The van der Waals surface area contributed by atoms with Gasteiger partial charge in [-0.3, -0.25) is 0 Å². The average Bonchev–Trinajstić information content (AvgIpc) is 2.19. The summed E-state index contributed by atoms with van der Waals surface area (Å²) in [5.41, 5.74) is 0. The van der Waals surface area contributed by atoms with Crippen LogP contribution in [0.25, 0.3) is 0 Å². The van der Waals surface area contributed by atoms with E-state index in [0.717, 1.165) is 18.9 Å². The molecule has 0 spiro atoms. The van der Waals surface area contributed by atoms with E-state index in [1.807, 2.05) is 6.07 Å². The minimum atomic E-state index is 0. The molecule has 6 heteroatoms. The van der Waals surface area contributed by atoms with Crippen LogP contribution >= 0.6 is 24.0 Å². The van der Waals surface area contributed by atoms with Gasteiger partial charge in [0.15, 0.2) is 0 Å². The molecule has 4 nitrogen and oxygen atoms in total. The molecule has 1 aromatic rings. The highest BCUT2D eigenvalue weighted by molar-refractivity contribution is 6.28. The first kappa shape index (κ1) is 12.5. The number of hydrogen-bond donors (Lipinski definition) is 2. The quantitative estimate of drug-likeness (QED) is 0.783. The van der Waals surface area contributed by atoms with Gasteiger partial charge in [-0.1, -0.05) is 0 Å². The Labute approximate surface area is 100 Å². The van der Waals surface area contributed by atoms with Gasteiger partial charge in [-0.25, -0.2) is 9.97 Å². The smallest absolute Gasteiger partial charge is 0.224 e. The molecule has 1 aromatic heterocycles. The minimum Gasteiger partial charge on any atom is -0.366 e. The standard InChI is InChI=1S/C9H13ClN4.ClH/c10-9-12-5-3-8(14-9)13-7-2-1-4-11-6-7;/h3,5,7,11H,1-2,4,6H2,(H,12,13,14);1H. The van der Waals surface area contributed by atoms with E-state index in [2.05, 4.69) is 20.6 Å². The van der Waals surface area contributed by atoms with Crippen molar-refractivity contribution in [2.45, 2.75) is 18.9 Å².